The highest BCUT2D eigenvalue weighted by atomic mass is 16.5. The van der Waals surface area contributed by atoms with Crippen LogP contribution < -0.4 is 5.73 Å². The second kappa shape index (κ2) is 3.06. The van der Waals surface area contributed by atoms with Gasteiger partial charge in [-0.05, 0) is 0 Å². The minimum atomic E-state index is -2.53. The molecule has 2 unspecified atom stereocenters. The summed E-state index contributed by atoms with van der Waals surface area (Å²) >= 11 is 0. The van der Waals surface area contributed by atoms with Crippen LogP contribution in [0.3, 0.4) is 0 Å². The van der Waals surface area contributed by atoms with Crippen molar-refractivity contribution in [3.05, 3.63) is 0 Å². The van der Waals surface area contributed by atoms with Crippen molar-refractivity contribution in [2.45, 2.75) is 12.1 Å². The molecule has 11 heavy (non-hydrogen) atoms. The molecular weight excluding hydrogens is 148 g/mol. The van der Waals surface area contributed by atoms with Crippen molar-refractivity contribution in [3.8, 4) is 0 Å². The Morgan fingerprint density at radius 2 is 2.64 bits per heavy atom. The Morgan fingerprint density at radius 1 is 1.91 bits per heavy atom. The van der Waals surface area contributed by atoms with Gasteiger partial charge in [-0.2, -0.15) is 0 Å². The minimum Gasteiger partial charge on any atom is -0.465 e. The van der Waals surface area contributed by atoms with E-state index in [2.05, 4.69) is 4.74 Å². The fraction of sp³-hybridized carbons (Fsp3) is 0.833. The molecule has 1 fully saturated rings. The fourth-order valence-corrected chi connectivity index (χ4v) is 1.08. The van der Waals surface area contributed by atoms with E-state index in [4.69, 9.17) is 15.0 Å². The Labute approximate surface area is 68.9 Å². The first-order valence-electron chi connectivity index (χ1n) is 4.71. The monoisotopic (exact) mass is 163 g/mol. The van der Waals surface area contributed by atoms with Gasteiger partial charge in [0.05, 0.1) is 22.8 Å². The van der Waals surface area contributed by atoms with E-state index in [1.54, 1.807) is 0 Å². The van der Waals surface area contributed by atoms with Crippen LogP contribution in [0.4, 0.5) is 4.79 Å². The maximum atomic E-state index is 10.5. The van der Waals surface area contributed by atoms with Gasteiger partial charge in [0.2, 0.25) is 0 Å². The molecular formula is C6H12N2O3. The second-order valence-corrected chi connectivity index (χ2v) is 2.51. The Morgan fingerprint density at radius 3 is 3.09 bits per heavy atom. The molecule has 2 atom stereocenters. The van der Waals surface area contributed by atoms with Gasteiger partial charge in [0.15, 0.2) is 0 Å². The van der Waals surface area contributed by atoms with E-state index in [-0.39, 0.29) is 13.1 Å². The van der Waals surface area contributed by atoms with Crippen LogP contribution in [0.15, 0.2) is 0 Å². The van der Waals surface area contributed by atoms with Crippen LogP contribution in [0.1, 0.15) is 4.11 Å². The summed E-state index contributed by atoms with van der Waals surface area (Å²) in [6, 6.07) is -0.577. The number of ether oxygens (including phenoxy) is 1. The van der Waals surface area contributed by atoms with Gasteiger partial charge in [0.25, 0.3) is 0 Å². The molecule has 1 saturated heterocycles. The smallest absolute Gasteiger partial charge is 0.407 e. The van der Waals surface area contributed by atoms with Crippen LogP contribution in [0, 0.1) is 0 Å². The number of methoxy groups -OCH3 is 1. The second-order valence-electron chi connectivity index (χ2n) is 2.51. The topological polar surface area (TPSA) is 75.8 Å². The van der Waals surface area contributed by atoms with Crippen molar-refractivity contribution in [1.82, 2.24) is 4.90 Å². The number of rotatable bonds is 1. The van der Waals surface area contributed by atoms with E-state index in [1.807, 2.05) is 0 Å². The molecule has 0 radical (unpaired) electrons. The first-order valence-corrected chi connectivity index (χ1v) is 3.21. The van der Waals surface area contributed by atoms with Gasteiger partial charge in [-0.1, -0.05) is 0 Å². The SMILES string of the molecule is [2H]C([2H])([2H])OC1CN(C(=O)O)CC1N. The molecule has 0 bridgehead atoms. The van der Waals surface area contributed by atoms with Crippen molar-refractivity contribution < 1.29 is 18.8 Å². The molecule has 1 aliphatic heterocycles. The lowest BCUT2D eigenvalue weighted by Crippen LogP contribution is -2.34. The van der Waals surface area contributed by atoms with Gasteiger partial charge in [0, 0.05) is 13.6 Å². The predicted octanol–water partition coefficient (Wildman–Crippen LogP) is -0.678. The van der Waals surface area contributed by atoms with E-state index in [9.17, 15) is 4.79 Å². The van der Waals surface area contributed by atoms with Crippen LogP contribution in [-0.4, -0.2) is 48.4 Å². The molecule has 0 spiro atoms. The molecule has 1 amide bonds. The highest BCUT2D eigenvalue weighted by Crippen LogP contribution is 2.10. The van der Waals surface area contributed by atoms with Crippen molar-refractivity contribution in [2.75, 3.05) is 20.1 Å². The maximum Gasteiger partial charge on any atom is 0.407 e. The Kier molecular flexibility index (Phi) is 1.38. The van der Waals surface area contributed by atoms with Gasteiger partial charge in [-0.15, -0.1) is 0 Å². The van der Waals surface area contributed by atoms with Gasteiger partial charge < -0.3 is 20.5 Å². The standard InChI is InChI=1S/C6H12N2O3/c1-11-5-3-8(6(9)10)2-4(5)7/h4-5H,2-3,7H2,1H3,(H,9,10)/i1D3. The highest BCUT2D eigenvalue weighted by molar-refractivity contribution is 5.65. The summed E-state index contributed by atoms with van der Waals surface area (Å²) < 4.78 is 25.2. The summed E-state index contributed by atoms with van der Waals surface area (Å²) in [5.41, 5.74) is 5.53. The molecule has 1 rings (SSSR count). The van der Waals surface area contributed by atoms with Gasteiger partial charge >= 0.3 is 6.09 Å². The molecule has 0 saturated carbocycles. The molecule has 0 aromatic carbocycles. The molecule has 0 aromatic heterocycles. The average molecular weight is 163 g/mol. The zero-order valence-corrected chi connectivity index (χ0v) is 5.86. The van der Waals surface area contributed by atoms with Crippen LogP contribution in [0.5, 0.6) is 0 Å². The number of carboxylic acid groups (broad SMARTS) is 1. The molecule has 64 valence electrons. The highest BCUT2D eigenvalue weighted by Gasteiger charge is 2.32. The maximum absolute atomic E-state index is 10.5. The summed E-state index contributed by atoms with van der Waals surface area (Å²) in [5.74, 6) is 0. The van der Waals surface area contributed by atoms with E-state index in [1.165, 1.54) is 0 Å². The predicted molar refractivity (Wildman–Crippen MR) is 38.4 cm³/mol. The zero-order chi connectivity index (χ0) is 10.9. The third kappa shape index (κ3) is 1.61. The third-order valence-corrected chi connectivity index (χ3v) is 1.73. The van der Waals surface area contributed by atoms with E-state index in [0.717, 1.165) is 4.90 Å². The summed E-state index contributed by atoms with van der Waals surface area (Å²) in [4.78, 5) is 11.6. The first kappa shape index (κ1) is 4.95. The number of amides is 1. The number of carbonyl (C=O) groups is 1. The number of nitrogens with two attached hydrogens (primary N) is 1. The van der Waals surface area contributed by atoms with Gasteiger partial charge in [-0.25, -0.2) is 4.79 Å². The number of hydrogen-bond donors (Lipinski definition) is 2. The number of hydrogen-bond acceptors (Lipinski definition) is 3. The van der Waals surface area contributed by atoms with E-state index < -0.39 is 25.3 Å². The summed E-state index contributed by atoms with van der Waals surface area (Å²) in [6.07, 6.45) is -1.87. The summed E-state index contributed by atoms with van der Waals surface area (Å²) in [5, 5.41) is 8.62. The van der Waals surface area contributed by atoms with Crippen LogP contribution >= 0.6 is 0 Å². The lowest BCUT2D eigenvalue weighted by molar-refractivity contribution is 0.0954. The molecule has 1 aliphatic rings. The Hall–Kier alpha value is -0.810. The number of nitrogens with zero attached hydrogens (tertiary/aromatic N) is 1. The number of likely N-dealkylation sites (tertiary alicyclic amines) is 1. The molecule has 5 heteroatoms. The first-order chi connectivity index (χ1) is 6.29. The lowest BCUT2D eigenvalue weighted by atomic mass is 10.2. The van der Waals surface area contributed by atoms with Crippen LogP contribution in [-0.2, 0) is 4.74 Å². The summed E-state index contributed by atoms with van der Waals surface area (Å²) in [7, 11) is -2.53. The summed E-state index contributed by atoms with van der Waals surface area (Å²) in [6.45, 7) is 0.116. The quantitative estimate of drug-likeness (QED) is 0.537. The largest absolute Gasteiger partial charge is 0.465 e. The molecule has 3 N–H and O–H groups in total. The molecule has 1 heterocycles. The van der Waals surface area contributed by atoms with Crippen LogP contribution in [0.25, 0.3) is 0 Å². The van der Waals surface area contributed by atoms with Crippen LogP contribution in [0.2, 0.25) is 0 Å². The molecule has 0 aliphatic carbocycles. The Bertz CT molecular complexity index is 233. The van der Waals surface area contributed by atoms with Gasteiger partial charge in [-0.3, -0.25) is 0 Å². The van der Waals surface area contributed by atoms with E-state index in [0.29, 0.717) is 0 Å². The van der Waals surface area contributed by atoms with Crippen molar-refractivity contribution >= 4 is 6.09 Å². The zero-order valence-electron chi connectivity index (χ0n) is 8.86. The molecule has 0 aromatic rings. The Balaban J connectivity index is 2.53. The minimum absolute atomic E-state index is 0.00882. The normalized spacial score (nSPS) is 36.1. The molecule has 5 nitrogen and oxygen atoms in total. The third-order valence-electron chi connectivity index (χ3n) is 1.73. The van der Waals surface area contributed by atoms with E-state index >= 15 is 0 Å². The lowest BCUT2D eigenvalue weighted by Gasteiger charge is -2.10. The van der Waals surface area contributed by atoms with Crippen molar-refractivity contribution in [2.24, 2.45) is 5.73 Å². The fourth-order valence-electron chi connectivity index (χ4n) is 1.08. The van der Waals surface area contributed by atoms with Crippen molar-refractivity contribution in [3.63, 3.8) is 0 Å². The van der Waals surface area contributed by atoms with Gasteiger partial charge in [0.1, 0.15) is 0 Å². The average Bonchev–Trinajstić information content (AvgIpc) is 2.29. The van der Waals surface area contributed by atoms with Crippen molar-refractivity contribution in [1.29, 1.82) is 0 Å².